The predicted molar refractivity (Wildman–Crippen MR) is 157 cm³/mol. The van der Waals surface area contributed by atoms with Crippen LogP contribution in [-0.2, 0) is 16.0 Å². The molecule has 1 saturated carbocycles. The Morgan fingerprint density at radius 2 is 1.89 bits per heavy atom. The number of hydrogen-bond donors (Lipinski definition) is 2. The van der Waals surface area contributed by atoms with Gasteiger partial charge in [0.25, 0.3) is 0 Å². The summed E-state index contributed by atoms with van der Waals surface area (Å²) in [7, 11) is 0. The van der Waals surface area contributed by atoms with Crippen molar-refractivity contribution in [3.63, 3.8) is 0 Å². The average molecular weight is 607 g/mol. The number of benzene rings is 1. The molecule has 3 aromatic rings. The van der Waals surface area contributed by atoms with Crippen LogP contribution >= 0.6 is 0 Å². The van der Waals surface area contributed by atoms with Crippen molar-refractivity contribution >= 4 is 18.0 Å². The third kappa shape index (κ3) is 3.79. The number of allylic oxidation sites excluding steroid dienone is 3. The summed E-state index contributed by atoms with van der Waals surface area (Å²) in [6.45, 7) is 8.03. The number of aromatic nitrogens is 2. The molecule has 232 valence electrons. The van der Waals surface area contributed by atoms with Gasteiger partial charge in [0.2, 0.25) is 11.4 Å². The maximum atomic E-state index is 18.0. The highest BCUT2D eigenvalue weighted by atomic mass is 19.1. The molecule has 1 fully saturated rings. The van der Waals surface area contributed by atoms with Gasteiger partial charge < -0.3 is 19.4 Å². The third-order valence-electron chi connectivity index (χ3n) is 10.8. The quantitative estimate of drug-likeness (QED) is 0.315. The number of esters is 1. The number of rotatable bonds is 6. The van der Waals surface area contributed by atoms with E-state index < -0.39 is 63.7 Å². The number of nitrogens with zero attached hydrogens (tertiary/aromatic N) is 2. The number of carboxylic acids is 1. The molecule has 0 bridgehead atoms. The van der Waals surface area contributed by atoms with Crippen LogP contribution in [0, 0.1) is 28.6 Å². The molecule has 2 N–H and O–H groups in total. The Kier molecular flexibility index (Phi) is 6.81. The van der Waals surface area contributed by atoms with Crippen molar-refractivity contribution in [3.8, 4) is 5.69 Å². The molecule has 2 heterocycles. The summed E-state index contributed by atoms with van der Waals surface area (Å²) in [5.41, 5.74) is -5.40. The number of hydrogen-bond acceptors (Lipinski definition) is 6. The Hall–Kier alpha value is -4.05. The fraction of sp³-hybridized carbons (Fsp3) is 0.441. The maximum absolute atomic E-state index is 18.0. The first kappa shape index (κ1) is 30.0. The van der Waals surface area contributed by atoms with E-state index in [1.165, 1.54) is 24.5 Å². The number of carbonyl (C=O) groups excluding carboxylic acids is 1. The van der Waals surface area contributed by atoms with Gasteiger partial charge in [-0.15, -0.1) is 0 Å². The first-order valence-electron chi connectivity index (χ1n) is 14.8. The van der Waals surface area contributed by atoms with E-state index in [1.54, 1.807) is 51.6 Å². The topological polar surface area (TPSA) is 115 Å². The van der Waals surface area contributed by atoms with Crippen LogP contribution in [0.1, 0.15) is 62.9 Å². The number of fused-ring (bicyclic) bond motifs is 4. The number of alkyl halides is 1. The molecule has 8 nitrogen and oxygen atoms in total. The minimum Gasteiger partial charge on any atom is -0.478 e. The minimum absolute atomic E-state index is 0.0670. The molecule has 1 aromatic carbocycles. The van der Waals surface area contributed by atoms with Crippen LogP contribution in [0.4, 0.5) is 8.78 Å². The van der Waals surface area contributed by atoms with Crippen molar-refractivity contribution < 1.29 is 37.7 Å². The molecule has 6 rings (SSSR count). The lowest BCUT2D eigenvalue weighted by Gasteiger charge is -2.64. The van der Waals surface area contributed by atoms with Crippen LogP contribution in [0.5, 0.6) is 0 Å². The minimum atomic E-state index is -2.38. The predicted octanol–water partition coefficient (Wildman–Crippen LogP) is 6.35. The van der Waals surface area contributed by atoms with Crippen LogP contribution in [0.25, 0.3) is 11.8 Å². The number of carboxylic acid groups (broad SMARTS) is 1. The van der Waals surface area contributed by atoms with Gasteiger partial charge in [0, 0.05) is 22.7 Å². The molecule has 0 radical (unpaired) electrons. The Morgan fingerprint density at radius 1 is 1.18 bits per heavy atom. The zero-order valence-electron chi connectivity index (χ0n) is 25.3. The van der Waals surface area contributed by atoms with Gasteiger partial charge in [-0.1, -0.05) is 52.8 Å². The number of aliphatic carboxylic acids is 1. The standard InChI is InChI=1S/C34H36F2N2O6/c1-19(2)34(30(41)42,44-29(40)27-12-9-13-43-27)31(4)17-28(39)33(36)23(20(31)3)14-25(35)24-15-26-21(16-32(24,33)5)18-37-38(26)22-10-7-6-8-11-22/h6-15,18-20,23,28,39H,16-17H2,1-5H3,(H,41,42)/t20?,23?,28-,31-,32-,33-,34-/m0/s1. The first-order chi connectivity index (χ1) is 20.7. The highest BCUT2D eigenvalue weighted by molar-refractivity contribution is 5.90. The van der Waals surface area contributed by atoms with Crippen molar-refractivity contribution in [1.29, 1.82) is 0 Å². The zero-order valence-corrected chi connectivity index (χ0v) is 25.3. The van der Waals surface area contributed by atoms with Gasteiger partial charge in [-0.2, -0.15) is 5.10 Å². The van der Waals surface area contributed by atoms with E-state index in [1.807, 2.05) is 30.3 Å². The second-order valence-electron chi connectivity index (χ2n) is 13.2. The van der Waals surface area contributed by atoms with Crippen LogP contribution in [0.2, 0.25) is 0 Å². The van der Waals surface area contributed by atoms with E-state index in [-0.39, 0.29) is 24.2 Å². The summed E-state index contributed by atoms with van der Waals surface area (Å²) in [4.78, 5) is 26.3. The van der Waals surface area contributed by atoms with Gasteiger partial charge in [0.1, 0.15) is 5.83 Å². The Bertz CT molecular complexity index is 1680. The first-order valence-corrected chi connectivity index (χ1v) is 14.8. The van der Waals surface area contributed by atoms with Crippen LogP contribution in [-0.4, -0.2) is 49.3 Å². The molecule has 2 aromatic heterocycles. The number of ether oxygens (including phenoxy) is 1. The third-order valence-corrected chi connectivity index (χ3v) is 10.8. The number of aliphatic hydroxyl groups is 1. The SMILES string of the molecule is CC1C2C=C(F)C3=Cc4c(cnn4-c4ccccc4)C[C@]3(C)[C@@]2(F)[C@@H](O)C[C@]1(C)[C@@](OC(=O)c1ccco1)(C(=O)O)C(C)C. The average Bonchev–Trinajstić information content (AvgIpc) is 3.66. The van der Waals surface area contributed by atoms with E-state index in [0.717, 1.165) is 5.69 Å². The fourth-order valence-electron chi connectivity index (χ4n) is 8.38. The normalized spacial score (nSPS) is 32.4. The number of para-hydroxylation sites is 1. The molecular formula is C34H36F2N2O6. The van der Waals surface area contributed by atoms with Crippen molar-refractivity contribution in [2.75, 3.05) is 0 Å². The van der Waals surface area contributed by atoms with E-state index in [0.29, 0.717) is 11.3 Å². The molecule has 44 heavy (non-hydrogen) atoms. The monoisotopic (exact) mass is 606 g/mol. The summed E-state index contributed by atoms with van der Waals surface area (Å²) in [5, 5.41) is 27.1. The molecule has 0 spiro atoms. The molecular weight excluding hydrogens is 570 g/mol. The lowest BCUT2D eigenvalue weighted by molar-refractivity contribution is -0.240. The van der Waals surface area contributed by atoms with Gasteiger partial charge in [-0.05, 0) is 66.3 Å². The highest BCUT2D eigenvalue weighted by Crippen LogP contribution is 2.67. The van der Waals surface area contributed by atoms with Crippen LogP contribution in [0.3, 0.4) is 0 Å². The van der Waals surface area contributed by atoms with Crippen molar-refractivity contribution in [2.45, 2.75) is 64.8 Å². The summed E-state index contributed by atoms with van der Waals surface area (Å²) in [6.07, 6.45) is 3.67. The lowest BCUT2D eigenvalue weighted by Crippen LogP contribution is -2.72. The van der Waals surface area contributed by atoms with Crippen LogP contribution < -0.4 is 0 Å². The Morgan fingerprint density at radius 3 is 2.50 bits per heavy atom. The largest absolute Gasteiger partial charge is 0.478 e. The summed E-state index contributed by atoms with van der Waals surface area (Å²) in [5.74, 6) is -6.22. The Labute approximate surface area is 254 Å². The number of halogens is 2. The molecule has 3 aliphatic carbocycles. The smallest absolute Gasteiger partial charge is 0.375 e. The number of aliphatic hydroxyl groups excluding tert-OH is 1. The number of furan rings is 1. The molecule has 3 aliphatic rings. The molecule has 7 atom stereocenters. The zero-order chi connectivity index (χ0) is 31.8. The molecule has 0 saturated heterocycles. The summed E-state index contributed by atoms with van der Waals surface area (Å²) in [6, 6.07) is 12.2. The van der Waals surface area contributed by atoms with E-state index >= 15 is 8.78 Å². The van der Waals surface area contributed by atoms with Crippen molar-refractivity contribution in [2.24, 2.45) is 28.6 Å². The van der Waals surface area contributed by atoms with Gasteiger partial charge in [-0.25, -0.2) is 23.1 Å². The van der Waals surface area contributed by atoms with Gasteiger partial charge >= 0.3 is 11.9 Å². The van der Waals surface area contributed by atoms with E-state index in [2.05, 4.69) is 5.10 Å². The van der Waals surface area contributed by atoms with Gasteiger partial charge in [0.05, 0.1) is 29.9 Å². The van der Waals surface area contributed by atoms with Gasteiger partial charge in [0.15, 0.2) is 5.67 Å². The fourth-order valence-corrected chi connectivity index (χ4v) is 8.38. The second-order valence-corrected chi connectivity index (χ2v) is 13.2. The molecule has 2 unspecified atom stereocenters. The summed E-state index contributed by atoms with van der Waals surface area (Å²) < 4.78 is 47.0. The van der Waals surface area contributed by atoms with E-state index in [4.69, 9.17) is 9.15 Å². The Balaban J connectivity index is 1.47. The molecule has 0 amide bonds. The maximum Gasteiger partial charge on any atom is 0.375 e. The lowest BCUT2D eigenvalue weighted by atomic mass is 9.43. The van der Waals surface area contributed by atoms with Gasteiger partial charge in [-0.3, -0.25) is 0 Å². The molecule has 0 aliphatic heterocycles. The second kappa shape index (κ2) is 9.99. The highest BCUT2D eigenvalue weighted by Gasteiger charge is 2.74. The van der Waals surface area contributed by atoms with E-state index in [9.17, 15) is 19.8 Å². The van der Waals surface area contributed by atoms with Crippen molar-refractivity contribution in [3.05, 3.63) is 89.4 Å². The summed E-state index contributed by atoms with van der Waals surface area (Å²) >= 11 is 0. The van der Waals surface area contributed by atoms with Crippen LogP contribution in [0.15, 0.2) is 76.8 Å². The molecule has 10 heteroatoms. The number of carbonyl (C=O) groups is 2. The van der Waals surface area contributed by atoms with Crippen molar-refractivity contribution in [1.82, 2.24) is 9.78 Å².